The van der Waals surface area contributed by atoms with E-state index in [4.69, 9.17) is 9.15 Å². The first-order chi connectivity index (χ1) is 16.1. The third-order valence-electron chi connectivity index (χ3n) is 6.01. The molecule has 0 spiro atoms. The Morgan fingerprint density at radius 1 is 1.09 bits per heavy atom. The Morgan fingerprint density at radius 3 is 2.38 bits per heavy atom. The Kier molecular flexibility index (Phi) is 7.94. The van der Waals surface area contributed by atoms with E-state index in [1.54, 1.807) is 38.1 Å². The molecular weight excluding hydrogens is 454 g/mol. The van der Waals surface area contributed by atoms with Gasteiger partial charge in [0, 0.05) is 17.0 Å². The number of carbonyl (C=O) groups is 1. The van der Waals surface area contributed by atoms with E-state index in [0.717, 1.165) is 29.4 Å². The van der Waals surface area contributed by atoms with Gasteiger partial charge in [-0.2, -0.15) is 4.72 Å². The molecule has 34 heavy (non-hydrogen) atoms. The first-order valence-electron chi connectivity index (χ1n) is 11.4. The molecule has 2 aromatic carbocycles. The number of nitrogens with one attached hydrogen (secondary N) is 1. The van der Waals surface area contributed by atoms with Gasteiger partial charge in [0.15, 0.2) is 0 Å². The summed E-state index contributed by atoms with van der Waals surface area (Å²) < 4.78 is 39.5. The summed E-state index contributed by atoms with van der Waals surface area (Å²) in [5.41, 5.74) is 2.20. The molecule has 0 saturated heterocycles. The van der Waals surface area contributed by atoms with Crippen LogP contribution in [0.3, 0.4) is 0 Å². The minimum atomic E-state index is -3.94. The number of rotatable bonds is 9. The lowest BCUT2D eigenvalue weighted by atomic mass is 10.00. The monoisotopic (exact) mass is 485 g/mol. The van der Waals surface area contributed by atoms with Crippen molar-refractivity contribution in [3.05, 3.63) is 69.6 Å². The molecule has 0 fully saturated rings. The van der Waals surface area contributed by atoms with E-state index in [9.17, 15) is 18.0 Å². The zero-order valence-corrected chi connectivity index (χ0v) is 21.0. The van der Waals surface area contributed by atoms with E-state index in [1.807, 2.05) is 20.8 Å². The van der Waals surface area contributed by atoms with Crippen LogP contribution in [0.4, 0.5) is 0 Å². The fourth-order valence-corrected chi connectivity index (χ4v) is 5.04. The van der Waals surface area contributed by atoms with Gasteiger partial charge in [-0.05, 0) is 56.0 Å². The second kappa shape index (κ2) is 10.5. The van der Waals surface area contributed by atoms with Crippen LogP contribution in [-0.4, -0.2) is 20.4 Å². The van der Waals surface area contributed by atoms with Gasteiger partial charge >= 0.3 is 11.6 Å². The smallest absolute Gasteiger partial charge is 0.336 e. The zero-order chi connectivity index (χ0) is 25.0. The fourth-order valence-electron chi connectivity index (χ4n) is 3.75. The highest BCUT2D eigenvalue weighted by molar-refractivity contribution is 7.89. The molecule has 2 atom stereocenters. The van der Waals surface area contributed by atoms with Crippen LogP contribution in [0.15, 0.2) is 56.6 Å². The number of ether oxygens (including phenoxy) is 1. The van der Waals surface area contributed by atoms with Crippen LogP contribution in [0.25, 0.3) is 11.0 Å². The Labute approximate surface area is 200 Å². The van der Waals surface area contributed by atoms with E-state index in [0.29, 0.717) is 17.6 Å². The molecule has 7 nitrogen and oxygen atoms in total. The third-order valence-corrected chi connectivity index (χ3v) is 7.46. The molecule has 0 radical (unpaired) electrons. The van der Waals surface area contributed by atoms with Gasteiger partial charge in [-0.3, -0.25) is 0 Å². The van der Waals surface area contributed by atoms with Gasteiger partial charge in [0.25, 0.3) is 0 Å². The largest absolute Gasteiger partial charge is 0.425 e. The number of benzene rings is 2. The maximum absolute atomic E-state index is 13.2. The predicted molar refractivity (Wildman–Crippen MR) is 132 cm³/mol. The summed E-state index contributed by atoms with van der Waals surface area (Å²) in [5, 5.41) is 0.789. The summed E-state index contributed by atoms with van der Waals surface area (Å²) in [4.78, 5) is 25.3. The van der Waals surface area contributed by atoms with E-state index >= 15 is 0 Å². The van der Waals surface area contributed by atoms with Crippen LogP contribution in [0.5, 0.6) is 5.75 Å². The first kappa shape index (κ1) is 25.6. The lowest BCUT2D eigenvalue weighted by Crippen LogP contribution is -2.47. The lowest BCUT2D eigenvalue weighted by Gasteiger charge is -2.23. The second-order valence-electron chi connectivity index (χ2n) is 8.62. The molecule has 8 heteroatoms. The second-order valence-corrected chi connectivity index (χ2v) is 10.3. The molecule has 0 saturated carbocycles. The van der Waals surface area contributed by atoms with Crippen molar-refractivity contribution in [2.24, 2.45) is 5.92 Å². The van der Waals surface area contributed by atoms with Crippen LogP contribution < -0.4 is 15.1 Å². The molecule has 0 bridgehead atoms. The highest BCUT2D eigenvalue weighted by Gasteiger charge is 2.32. The number of fused-ring (bicyclic) bond motifs is 1. The van der Waals surface area contributed by atoms with Crippen LogP contribution in [0.1, 0.15) is 50.3 Å². The Bertz CT molecular complexity index is 1340. The van der Waals surface area contributed by atoms with E-state index in [1.165, 1.54) is 18.2 Å². The van der Waals surface area contributed by atoms with Crippen molar-refractivity contribution in [3.63, 3.8) is 0 Å². The molecule has 0 unspecified atom stereocenters. The molecule has 1 heterocycles. The van der Waals surface area contributed by atoms with Crippen molar-refractivity contribution in [1.29, 1.82) is 0 Å². The zero-order valence-electron chi connectivity index (χ0n) is 20.2. The normalized spacial score (nSPS) is 13.6. The standard InChI is InChI=1S/C26H31NO6S/c1-6-8-19-15-23(28)33-25-18(5)22(14-13-21(19)25)32-26(29)24(17(4)7-2)27-34(30,31)20-11-9-16(3)10-12-20/h9-15,17,24,27H,6-8H2,1-5H3/t17-,24-/m1/s1. The summed E-state index contributed by atoms with van der Waals surface area (Å²) in [6, 6.07) is 10.2. The Balaban J connectivity index is 1.93. The van der Waals surface area contributed by atoms with Crippen molar-refractivity contribution in [1.82, 2.24) is 4.72 Å². The van der Waals surface area contributed by atoms with Crippen LogP contribution >= 0.6 is 0 Å². The predicted octanol–water partition coefficient (Wildman–Crippen LogP) is 4.66. The number of aryl methyl sites for hydroxylation is 3. The van der Waals surface area contributed by atoms with E-state index in [2.05, 4.69) is 4.72 Å². The van der Waals surface area contributed by atoms with Gasteiger partial charge in [0.05, 0.1) is 4.90 Å². The third kappa shape index (κ3) is 5.56. The van der Waals surface area contributed by atoms with Crippen molar-refractivity contribution >= 4 is 27.0 Å². The van der Waals surface area contributed by atoms with Gasteiger partial charge in [-0.25, -0.2) is 18.0 Å². The van der Waals surface area contributed by atoms with Crippen LogP contribution in [0, 0.1) is 19.8 Å². The molecule has 3 rings (SSSR count). The summed E-state index contributed by atoms with van der Waals surface area (Å²) in [6.45, 7) is 9.25. The minimum Gasteiger partial charge on any atom is -0.425 e. The molecule has 182 valence electrons. The van der Waals surface area contributed by atoms with Crippen LogP contribution in [0.2, 0.25) is 0 Å². The average Bonchev–Trinajstić information content (AvgIpc) is 2.79. The lowest BCUT2D eigenvalue weighted by molar-refractivity contribution is -0.137. The maximum atomic E-state index is 13.2. The van der Waals surface area contributed by atoms with Crippen LogP contribution in [-0.2, 0) is 21.2 Å². The topological polar surface area (TPSA) is 103 Å². The van der Waals surface area contributed by atoms with Crippen molar-refractivity contribution < 1.29 is 22.4 Å². The molecule has 0 amide bonds. The molecular formula is C26H31NO6S. The molecule has 0 aliphatic heterocycles. The van der Waals surface area contributed by atoms with Crippen molar-refractivity contribution in [2.45, 2.75) is 64.8 Å². The Hall–Kier alpha value is -2.97. The van der Waals surface area contributed by atoms with Gasteiger partial charge in [-0.1, -0.05) is 51.3 Å². The molecule has 1 N–H and O–H groups in total. The SMILES string of the molecule is CCCc1cc(=O)oc2c(C)c(OC(=O)[C@H](NS(=O)(=O)c3ccc(C)cc3)[C@H](C)CC)ccc12. The Morgan fingerprint density at radius 2 is 1.76 bits per heavy atom. The molecule has 0 aliphatic carbocycles. The average molecular weight is 486 g/mol. The van der Waals surface area contributed by atoms with Gasteiger partial charge in [0.1, 0.15) is 17.4 Å². The van der Waals surface area contributed by atoms with Gasteiger partial charge in [-0.15, -0.1) is 0 Å². The van der Waals surface area contributed by atoms with Gasteiger partial charge in [0.2, 0.25) is 10.0 Å². The number of hydrogen-bond donors (Lipinski definition) is 1. The quantitative estimate of drug-likeness (QED) is 0.269. The summed E-state index contributed by atoms with van der Waals surface area (Å²) in [6.07, 6.45) is 2.14. The molecule has 1 aromatic heterocycles. The van der Waals surface area contributed by atoms with E-state index in [-0.39, 0.29) is 16.6 Å². The fraction of sp³-hybridized carbons (Fsp3) is 0.385. The first-order valence-corrected chi connectivity index (χ1v) is 12.9. The maximum Gasteiger partial charge on any atom is 0.336 e. The molecule has 0 aliphatic rings. The van der Waals surface area contributed by atoms with Crippen molar-refractivity contribution in [2.75, 3.05) is 0 Å². The summed E-state index contributed by atoms with van der Waals surface area (Å²) in [7, 11) is -3.94. The summed E-state index contributed by atoms with van der Waals surface area (Å²) in [5.74, 6) is -0.820. The summed E-state index contributed by atoms with van der Waals surface area (Å²) >= 11 is 0. The number of esters is 1. The highest BCUT2D eigenvalue weighted by atomic mass is 32.2. The number of sulfonamides is 1. The number of hydrogen-bond acceptors (Lipinski definition) is 6. The highest BCUT2D eigenvalue weighted by Crippen LogP contribution is 2.29. The minimum absolute atomic E-state index is 0.0753. The van der Waals surface area contributed by atoms with E-state index < -0.39 is 27.7 Å². The molecule has 3 aromatic rings. The van der Waals surface area contributed by atoms with Gasteiger partial charge < -0.3 is 9.15 Å². The van der Waals surface area contributed by atoms with Crippen molar-refractivity contribution in [3.8, 4) is 5.75 Å². The number of carbonyl (C=O) groups excluding carboxylic acids is 1.